The third kappa shape index (κ3) is 5.18. The standard InChI is InChI=1S/C22H19Cl2NO/c23-20-12-11-19(13-21(20)24)22(26)16-25(14-17-7-3-1-4-8-17)15-18-9-5-2-6-10-18/h1-13H,14-16H2. The van der Waals surface area contributed by atoms with Crippen LogP contribution in [0.5, 0.6) is 0 Å². The van der Waals surface area contributed by atoms with Gasteiger partial charge >= 0.3 is 0 Å². The summed E-state index contributed by atoms with van der Waals surface area (Å²) in [6, 6.07) is 25.3. The van der Waals surface area contributed by atoms with Crippen molar-refractivity contribution in [2.24, 2.45) is 0 Å². The number of carbonyl (C=O) groups excluding carboxylic acids is 1. The van der Waals surface area contributed by atoms with E-state index in [0.29, 0.717) is 35.2 Å². The summed E-state index contributed by atoms with van der Waals surface area (Å²) in [5.41, 5.74) is 2.92. The first-order valence-corrected chi connectivity index (χ1v) is 9.16. The van der Waals surface area contributed by atoms with E-state index >= 15 is 0 Å². The molecule has 26 heavy (non-hydrogen) atoms. The predicted molar refractivity (Wildman–Crippen MR) is 108 cm³/mol. The number of benzene rings is 3. The highest BCUT2D eigenvalue weighted by Crippen LogP contribution is 2.23. The second-order valence-corrected chi connectivity index (χ2v) is 6.98. The maximum atomic E-state index is 12.8. The summed E-state index contributed by atoms with van der Waals surface area (Å²) in [5, 5.41) is 0.851. The van der Waals surface area contributed by atoms with Crippen molar-refractivity contribution in [2.45, 2.75) is 13.1 Å². The molecule has 0 spiro atoms. The van der Waals surface area contributed by atoms with Crippen molar-refractivity contribution >= 4 is 29.0 Å². The van der Waals surface area contributed by atoms with Gasteiger partial charge in [-0.25, -0.2) is 0 Å². The topological polar surface area (TPSA) is 20.3 Å². The van der Waals surface area contributed by atoms with E-state index in [9.17, 15) is 4.79 Å². The van der Waals surface area contributed by atoms with Gasteiger partial charge in [0.1, 0.15) is 0 Å². The monoisotopic (exact) mass is 383 g/mol. The predicted octanol–water partition coefficient (Wildman–Crippen LogP) is 5.88. The second kappa shape index (κ2) is 9.00. The van der Waals surface area contributed by atoms with Crippen LogP contribution in [0.15, 0.2) is 78.9 Å². The van der Waals surface area contributed by atoms with Gasteiger partial charge in [-0.2, -0.15) is 0 Å². The molecule has 3 rings (SSSR count). The Bertz CT molecular complexity index is 824. The average molecular weight is 384 g/mol. The molecule has 0 bridgehead atoms. The molecular formula is C22H19Cl2NO. The molecule has 4 heteroatoms. The van der Waals surface area contributed by atoms with Crippen molar-refractivity contribution in [1.29, 1.82) is 0 Å². The Morgan fingerprint density at radius 1 is 0.731 bits per heavy atom. The van der Waals surface area contributed by atoms with E-state index in [1.807, 2.05) is 36.4 Å². The molecular weight excluding hydrogens is 365 g/mol. The molecule has 2 nitrogen and oxygen atoms in total. The van der Waals surface area contributed by atoms with Crippen LogP contribution in [0, 0.1) is 0 Å². The highest BCUT2D eigenvalue weighted by atomic mass is 35.5. The van der Waals surface area contributed by atoms with Crippen LogP contribution >= 0.6 is 23.2 Å². The van der Waals surface area contributed by atoms with Crippen LogP contribution in [-0.4, -0.2) is 17.2 Å². The van der Waals surface area contributed by atoms with E-state index < -0.39 is 0 Å². The smallest absolute Gasteiger partial charge is 0.176 e. The van der Waals surface area contributed by atoms with Crippen LogP contribution < -0.4 is 0 Å². The number of nitrogens with zero attached hydrogens (tertiary/aromatic N) is 1. The fourth-order valence-corrected chi connectivity index (χ4v) is 3.11. The fourth-order valence-electron chi connectivity index (χ4n) is 2.81. The highest BCUT2D eigenvalue weighted by molar-refractivity contribution is 6.42. The number of hydrogen-bond acceptors (Lipinski definition) is 2. The van der Waals surface area contributed by atoms with Gasteiger partial charge in [-0.05, 0) is 29.3 Å². The lowest BCUT2D eigenvalue weighted by molar-refractivity contribution is 0.0920. The van der Waals surface area contributed by atoms with E-state index in [0.717, 1.165) is 0 Å². The molecule has 0 heterocycles. The van der Waals surface area contributed by atoms with Gasteiger partial charge in [0.05, 0.1) is 16.6 Å². The Balaban J connectivity index is 1.77. The number of carbonyl (C=O) groups is 1. The summed E-state index contributed by atoms with van der Waals surface area (Å²) in [5.74, 6) is 0.0235. The van der Waals surface area contributed by atoms with Crippen molar-refractivity contribution in [3.8, 4) is 0 Å². The first kappa shape index (κ1) is 18.7. The Morgan fingerprint density at radius 3 is 1.77 bits per heavy atom. The Hall–Kier alpha value is -2.13. The number of hydrogen-bond donors (Lipinski definition) is 0. The number of rotatable bonds is 7. The first-order valence-electron chi connectivity index (χ1n) is 8.40. The minimum atomic E-state index is 0.0235. The molecule has 0 saturated carbocycles. The summed E-state index contributed by atoms with van der Waals surface area (Å²) in [4.78, 5) is 14.9. The van der Waals surface area contributed by atoms with E-state index in [-0.39, 0.29) is 5.78 Å². The largest absolute Gasteiger partial charge is 0.293 e. The SMILES string of the molecule is O=C(CN(Cc1ccccc1)Cc1ccccc1)c1ccc(Cl)c(Cl)c1. The molecule has 0 unspecified atom stereocenters. The average Bonchev–Trinajstić information content (AvgIpc) is 2.65. The molecule has 0 aromatic heterocycles. The molecule has 0 aliphatic carbocycles. The van der Waals surface area contributed by atoms with Gasteiger partial charge in [0.25, 0.3) is 0 Å². The minimum Gasteiger partial charge on any atom is -0.293 e. The van der Waals surface area contributed by atoms with Crippen molar-refractivity contribution in [2.75, 3.05) is 6.54 Å². The third-order valence-electron chi connectivity index (χ3n) is 4.11. The van der Waals surface area contributed by atoms with Crippen molar-refractivity contribution in [1.82, 2.24) is 4.90 Å². The van der Waals surface area contributed by atoms with Crippen molar-refractivity contribution < 1.29 is 4.79 Å². The molecule has 0 atom stereocenters. The Morgan fingerprint density at radius 2 is 1.27 bits per heavy atom. The summed E-state index contributed by atoms with van der Waals surface area (Å²) in [6.45, 7) is 1.70. The van der Waals surface area contributed by atoms with Crippen LogP contribution in [0.4, 0.5) is 0 Å². The lowest BCUT2D eigenvalue weighted by atomic mass is 10.1. The van der Waals surface area contributed by atoms with Crippen LogP contribution in [-0.2, 0) is 13.1 Å². The van der Waals surface area contributed by atoms with Gasteiger partial charge < -0.3 is 0 Å². The maximum Gasteiger partial charge on any atom is 0.176 e. The minimum absolute atomic E-state index is 0.0235. The second-order valence-electron chi connectivity index (χ2n) is 6.17. The van der Waals surface area contributed by atoms with Crippen LogP contribution in [0.3, 0.4) is 0 Å². The normalized spacial score (nSPS) is 10.9. The third-order valence-corrected chi connectivity index (χ3v) is 4.85. The zero-order chi connectivity index (χ0) is 18.4. The Kier molecular flexibility index (Phi) is 6.45. The zero-order valence-electron chi connectivity index (χ0n) is 14.2. The molecule has 0 aliphatic heterocycles. The maximum absolute atomic E-state index is 12.8. The van der Waals surface area contributed by atoms with Crippen LogP contribution in [0.25, 0.3) is 0 Å². The lowest BCUT2D eigenvalue weighted by Gasteiger charge is -2.22. The summed E-state index contributed by atoms with van der Waals surface area (Å²) in [6.07, 6.45) is 0. The molecule has 132 valence electrons. The van der Waals surface area contributed by atoms with E-state index in [2.05, 4.69) is 29.2 Å². The van der Waals surface area contributed by atoms with E-state index in [1.165, 1.54) is 11.1 Å². The lowest BCUT2D eigenvalue weighted by Crippen LogP contribution is -2.29. The van der Waals surface area contributed by atoms with Gasteiger partial charge in [0.15, 0.2) is 5.78 Å². The van der Waals surface area contributed by atoms with Gasteiger partial charge in [-0.3, -0.25) is 9.69 Å². The molecule has 0 amide bonds. The molecule has 0 aliphatic rings. The number of halogens is 2. The van der Waals surface area contributed by atoms with Crippen molar-refractivity contribution in [3.05, 3.63) is 106 Å². The zero-order valence-corrected chi connectivity index (χ0v) is 15.8. The Labute approximate surface area is 164 Å². The van der Waals surface area contributed by atoms with Crippen LogP contribution in [0.2, 0.25) is 10.0 Å². The molecule has 0 N–H and O–H groups in total. The van der Waals surface area contributed by atoms with E-state index in [4.69, 9.17) is 23.2 Å². The molecule has 0 fully saturated rings. The van der Waals surface area contributed by atoms with Gasteiger partial charge in [0.2, 0.25) is 0 Å². The number of ketones is 1. The first-order chi connectivity index (χ1) is 12.6. The molecule has 3 aromatic rings. The molecule has 0 radical (unpaired) electrons. The summed E-state index contributed by atoms with van der Waals surface area (Å²) >= 11 is 12.0. The van der Waals surface area contributed by atoms with Gasteiger partial charge in [-0.1, -0.05) is 83.9 Å². The van der Waals surface area contributed by atoms with Gasteiger partial charge in [0, 0.05) is 18.7 Å². The quantitative estimate of drug-likeness (QED) is 0.474. The molecule has 0 saturated heterocycles. The van der Waals surface area contributed by atoms with Gasteiger partial charge in [-0.15, -0.1) is 0 Å². The fraction of sp³-hybridized carbons (Fsp3) is 0.136. The van der Waals surface area contributed by atoms with Crippen LogP contribution in [0.1, 0.15) is 21.5 Å². The summed E-state index contributed by atoms with van der Waals surface area (Å²) in [7, 11) is 0. The van der Waals surface area contributed by atoms with E-state index in [1.54, 1.807) is 18.2 Å². The summed E-state index contributed by atoms with van der Waals surface area (Å²) < 4.78 is 0. The number of Topliss-reactive ketones (excluding diaryl/α,β-unsaturated/α-hetero) is 1. The highest BCUT2D eigenvalue weighted by Gasteiger charge is 2.15. The molecule has 3 aromatic carbocycles. The van der Waals surface area contributed by atoms with Crippen molar-refractivity contribution in [3.63, 3.8) is 0 Å².